The highest BCUT2D eigenvalue weighted by Gasteiger charge is 2.10. The van der Waals surface area contributed by atoms with Gasteiger partial charge in [-0.05, 0) is 62.1 Å². The first-order chi connectivity index (χ1) is 9.99. The Morgan fingerprint density at radius 3 is 2.57 bits per heavy atom. The molecule has 0 saturated carbocycles. The Labute approximate surface area is 131 Å². The van der Waals surface area contributed by atoms with E-state index in [1.54, 1.807) is 0 Å². The van der Waals surface area contributed by atoms with Crippen molar-refractivity contribution in [3.8, 4) is 11.5 Å². The lowest BCUT2D eigenvalue weighted by Gasteiger charge is -2.15. The third-order valence-electron chi connectivity index (χ3n) is 3.58. The Kier molecular flexibility index (Phi) is 5.27. The zero-order valence-electron chi connectivity index (χ0n) is 12.8. The lowest BCUT2D eigenvalue weighted by Crippen LogP contribution is -2.21. The van der Waals surface area contributed by atoms with Crippen LogP contribution in [-0.2, 0) is 6.42 Å². The Bertz CT molecular complexity index is 625. The summed E-state index contributed by atoms with van der Waals surface area (Å²) >= 11 is 6.05. The molecular weight excluding hydrogens is 282 g/mol. The van der Waals surface area contributed by atoms with Gasteiger partial charge in [0.15, 0.2) is 0 Å². The van der Waals surface area contributed by atoms with Crippen molar-refractivity contribution in [1.82, 2.24) is 0 Å². The third kappa shape index (κ3) is 4.23. The Morgan fingerprint density at radius 2 is 1.90 bits per heavy atom. The van der Waals surface area contributed by atoms with Gasteiger partial charge >= 0.3 is 0 Å². The SMILES string of the molecule is CCC(N)Cc1cc(C)ccc1Oc1ccc(Cl)c(C)c1. The second kappa shape index (κ2) is 6.97. The summed E-state index contributed by atoms with van der Waals surface area (Å²) in [7, 11) is 0. The molecule has 0 spiro atoms. The van der Waals surface area contributed by atoms with E-state index in [2.05, 4.69) is 26.0 Å². The van der Waals surface area contributed by atoms with Gasteiger partial charge in [-0.25, -0.2) is 0 Å². The number of benzene rings is 2. The van der Waals surface area contributed by atoms with Crippen LogP contribution in [0.4, 0.5) is 0 Å². The molecule has 0 bridgehead atoms. The molecule has 112 valence electrons. The van der Waals surface area contributed by atoms with Gasteiger partial charge in [0.1, 0.15) is 11.5 Å². The molecule has 0 aromatic heterocycles. The van der Waals surface area contributed by atoms with Crippen molar-refractivity contribution < 1.29 is 4.74 Å². The molecule has 0 aliphatic rings. The summed E-state index contributed by atoms with van der Waals surface area (Å²) in [5.74, 6) is 1.67. The van der Waals surface area contributed by atoms with Crippen LogP contribution in [-0.4, -0.2) is 6.04 Å². The maximum absolute atomic E-state index is 6.09. The Morgan fingerprint density at radius 1 is 1.14 bits per heavy atom. The van der Waals surface area contributed by atoms with Crippen LogP contribution in [0, 0.1) is 13.8 Å². The second-order valence-electron chi connectivity index (χ2n) is 5.50. The highest BCUT2D eigenvalue weighted by atomic mass is 35.5. The van der Waals surface area contributed by atoms with Crippen LogP contribution in [0.2, 0.25) is 5.02 Å². The predicted octanol–water partition coefficient (Wildman–Crippen LogP) is 5.03. The number of aryl methyl sites for hydroxylation is 2. The molecule has 0 saturated heterocycles. The van der Waals surface area contributed by atoms with Gasteiger partial charge in [0, 0.05) is 11.1 Å². The van der Waals surface area contributed by atoms with E-state index >= 15 is 0 Å². The van der Waals surface area contributed by atoms with Gasteiger partial charge < -0.3 is 10.5 Å². The van der Waals surface area contributed by atoms with Gasteiger partial charge in [-0.3, -0.25) is 0 Å². The standard InChI is InChI=1S/C18H22ClNO/c1-4-15(20)11-14-9-12(2)5-8-18(14)21-16-6-7-17(19)13(3)10-16/h5-10,15H,4,11,20H2,1-3H3. The van der Waals surface area contributed by atoms with Crippen molar-refractivity contribution in [3.05, 3.63) is 58.1 Å². The van der Waals surface area contributed by atoms with E-state index in [4.69, 9.17) is 22.1 Å². The molecule has 2 rings (SSSR count). The van der Waals surface area contributed by atoms with E-state index in [1.807, 2.05) is 31.2 Å². The normalized spacial score (nSPS) is 12.2. The monoisotopic (exact) mass is 303 g/mol. The summed E-state index contributed by atoms with van der Waals surface area (Å²) in [4.78, 5) is 0. The van der Waals surface area contributed by atoms with E-state index in [9.17, 15) is 0 Å². The van der Waals surface area contributed by atoms with Gasteiger partial charge in [-0.15, -0.1) is 0 Å². The minimum absolute atomic E-state index is 0.154. The minimum Gasteiger partial charge on any atom is -0.457 e. The minimum atomic E-state index is 0.154. The molecule has 2 aromatic rings. The molecule has 0 aliphatic heterocycles. The first-order valence-corrected chi connectivity index (χ1v) is 7.66. The fourth-order valence-corrected chi connectivity index (χ4v) is 2.32. The molecule has 2 N–H and O–H groups in total. The van der Waals surface area contributed by atoms with Crippen LogP contribution >= 0.6 is 11.6 Å². The molecule has 0 radical (unpaired) electrons. The van der Waals surface area contributed by atoms with Gasteiger partial charge in [0.05, 0.1) is 0 Å². The molecular formula is C18H22ClNO. The first-order valence-electron chi connectivity index (χ1n) is 7.28. The van der Waals surface area contributed by atoms with Gasteiger partial charge in [0.2, 0.25) is 0 Å². The van der Waals surface area contributed by atoms with Gasteiger partial charge in [-0.1, -0.05) is 36.2 Å². The largest absolute Gasteiger partial charge is 0.457 e. The van der Waals surface area contributed by atoms with E-state index in [0.717, 1.165) is 40.5 Å². The predicted molar refractivity (Wildman–Crippen MR) is 89.4 cm³/mol. The number of rotatable bonds is 5. The highest BCUT2D eigenvalue weighted by molar-refractivity contribution is 6.31. The number of hydrogen-bond acceptors (Lipinski definition) is 2. The van der Waals surface area contributed by atoms with Crippen LogP contribution in [0.15, 0.2) is 36.4 Å². The third-order valence-corrected chi connectivity index (χ3v) is 4.00. The molecule has 0 aliphatic carbocycles. The molecule has 2 aromatic carbocycles. The Balaban J connectivity index is 2.28. The second-order valence-corrected chi connectivity index (χ2v) is 5.90. The Hall–Kier alpha value is -1.51. The number of halogens is 1. The first kappa shape index (κ1) is 15.9. The molecule has 0 amide bonds. The topological polar surface area (TPSA) is 35.2 Å². The van der Waals surface area contributed by atoms with Crippen LogP contribution in [0.1, 0.15) is 30.0 Å². The molecule has 3 heteroatoms. The molecule has 1 atom stereocenters. The molecule has 0 heterocycles. The van der Waals surface area contributed by atoms with Crippen molar-refractivity contribution in [3.63, 3.8) is 0 Å². The van der Waals surface area contributed by atoms with Crippen LogP contribution < -0.4 is 10.5 Å². The fraction of sp³-hybridized carbons (Fsp3) is 0.333. The van der Waals surface area contributed by atoms with Crippen LogP contribution in [0.3, 0.4) is 0 Å². The maximum atomic E-state index is 6.09. The van der Waals surface area contributed by atoms with E-state index < -0.39 is 0 Å². The van der Waals surface area contributed by atoms with Crippen molar-refractivity contribution in [1.29, 1.82) is 0 Å². The summed E-state index contributed by atoms with van der Waals surface area (Å²) < 4.78 is 6.03. The quantitative estimate of drug-likeness (QED) is 0.841. The van der Waals surface area contributed by atoms with E-state index in [-0.39, 0.29) is 6.04 Å². The summed E-state index contributed by atoms with van der Waals surface area (Å²) in [5, 5.41) is 0.750. The summed E-state index contributed by atoms with van der Waals surface area (Å²) in [6.45, 7) is 6.15. The summed E-state index contributed by atoms with van der Waals surface area (Å²) in [6, 6.07) is 12.1. The number of nitrogens with two attached hydrogens (primary N) is 1. The van der Waals surface area contributed by atoms with Crippen molar-refractivity contribution in [2.75, 3.05) is 0 Å². The molecule has 21 heavy (non-hydrogen) atoms. The zero-order chi connectivity index (χ0) is 15.4. The van der Waals surface area contributed by atoms with Gasteiger partial charge in [0.25, 0.3) is 0 Å². The molecule has 0 fully saturated rings. The maximum Gasteiger partial charge on any atom is 0.130 e. The van der Waals surface area contributed by atoms with Crippen molar-refractivity contribution in [2.24, 2.45) is 5.73 Å². The zero-order valence-corrected chi connectivity index (χ0v) is 13.6. The average molecular weight is 304 g/mol. The lowest BCUT2D eigenvalue weighted by molar-refractivity contribution is 0.471. The number of ether oxygens (including phenoxy) is 1. The van der Waals surface area contributed by atoms with E-state index in [0.29, 0.717) is 0 Å². The van der Waals surface area contributed by atoms with Crippen molar-refractivity contribution >= 4 is 11.6 Å². The average Bonchev–Trinajstić information content (AvgIpc) is 2.45. The summed E-state index contributed by atoms with van der Waals surface area (Å²) in [5.41, 5.74) is 9.46. The van der Waals surface area contributed by atoms with Crippen LogP contribution in [0.25, 0.3) is 0 Å². The van der Waals surface area contributed by atoms with Gasteiger partial charge in [-0.2, -0.15) is 0 Å². The smallest absolute Gasteiger partial charge is 0.130 e. The van der Waals surface area contributed by atoms with Crippen LogP contribution in [0.5, 0.6) is 11.5 Å². The number of hydrogen-bond donors (Lipinski definition) is 1. The fourth-order valence-electron chi connectivity index (χ4n) is 2.20. The highest BCUT2D eigenvalue weighted by Crippen LogP contribution is 2.29. The molecule has 2 nitrogen and oxygen atoms in total. The van der Waals surface area contributed by atoms with Crippen molar-refractivity contribution in [2.45, 2.75) is 39.7 Å². The lowest BCUT2D eigenvalue weighted by atomic mass is 10.0. The summed E-state index contributed by atoms with van der Waals surface area (Å²) in [6.07, 6.45) is 1.77. The van der Waals surface area contributed by atoms with E-state index in [1.165, 1.54) is 5.56 Å². The molecule has 1 unspecified atom stereocenters.